The molecule has 3 nitrogen and oxygen atoms in total. The number of hydrogen-bond donors (Lipinski definition) is 0. The molecule has 0 N–H and O–H groups in total. The first kappa shape index (κ1) is 18.6. The summed E-state index contributed by atoms with van der Waals surface area (Å²) in [5.74, 6) is 0. The van der Waals surface area contributed by atoms with Crippen LogP contribution in [0.4, 0.5) is 0 Å². The van der Waals surface area contributed by atoms with Crippen LogP contribution in [0, 0.1) is 0 Å². The summed E-state index contributed by atoms with van der Waals surface area (Å²) in [4.78, 5) is -0.913. The monoisotopic (exact) mass is 317 g/mol. The minimum atomic E-state index is -2.15. The summed E-state index contributed by atoms with van der Waals surface area (Å²) in [7, 11) is -2.15. The Balaban J connectivity index is 4.06. The van der Waals surface area contributed by atoms with Crippen molar-refractivity contribution in [3.8, 4) is 0 Å². The third-order valence-corrected chi connectivity index (χ3v) is 5.36. The fourth-order valence-corrected chi connectivity index (χ4v) is 2.32. The molecular formula is C12H24Cl2O3P+. The molecule has 0 aromatic heterocycles. The van der Waals surface area contributed by atoms with Gasteiger partial charge in [-0.05, 0) is 25.7 Å². The number of halogens is 2. The first-order valence-corrected chi connectivity index (χ1v) is 8.30. The van der Waals surface area contributed by atoms with Crippen molar-refractivity contribution in [2.45, 2.75) is 63.1 Å². The van der Waals surface area contributed by atoms with Gasteiger partial charge in [-0.15, -0.1) is 32.2 Å². The van der Waals surface area contributed by atoms with Crippen LogP contribution in [0.5, 0.6) is 0 Å². The fraction of sp³-hybridized carbons (Fsp3) is 1.00. The van der Waals surface area contributed by atoms with E-state index in [4.69, 9.17) is 32.2 Å². The molecule has 0 atom stereocenters. The van der Waals surface area contributed by atoms with E-state index >= 15 is 0 Å². The summed E-state index contributed by atoms with van der Waals surface area (Å²) in [6.45, 7) is 8.36. The molecule has 108 valence electrons. The number of alkyl halides is 2. The predicted octanol–water partition coefficient (Wildman–Crippen LogP) is 5.27. The first-order chi connectivity index (χ1) is 8.34. The minimum Gasteiger partial charge on any atom is -0.117 e. The molecule has 18 heavy (non-hydrogen) atoms. The molecule has 0 saturated heterocycles. The molecule has 0 unspecified atom stereocenters. The van der Waals surface area contributed by atoms with E-state index in [1.54, 1.807) is 0 Å². The van der Waals surface area contributed by atoms with E-state index in [1.807, 2.05) is 27.7 Å². The highest BCUT2D eigenvalue weighted by atomic mass is 35.5. The van der Waals surface area contributed by atoms with Crippen LogP contribution in [0.15, 0.2) is 0 Å². The lowest BCUT2D eigenvalue weighted by Crippen LogP contribution is -2.26. The van der Waals surface area contributed by atoms with Gasteiger partial charge in [-0.1, -0.05) is 27.7 Å². The fourth-order valence-electron chi connectivity index (χ4n) is 1.28. The highest BCUT2D eigenvalue weighted by Gasteiger charge is 2.34. The summed E-state index contributed by atoms with van der Waals surface area (Å²) >= 11 is 12.5. The lowest BCUT2D eigenvalue weighted by Gasteiger charge is -2.21. The minimum absolute atomic E-state index is 0.226. The zero-order valence-corrected chi connectivity index (χ0v) is 14.1. The lowest BCUT2D eigenvalue weighted by atomic mass is 10.0. The quantitative estimate of drug-likeness (QED) is 0.406. The summed E-state index contributed by atoms with van der Waals surface area (Å²) in [6, 6.07) is 0. The number of rotatable bonds is 10. The Kier molecular flexibility index (Phi) is 9.00. The van der Waals surface area contributed by atoms with E-state index in [2.05, 4.69) is 0 Å². The van der Waals surface area contributed by atoms with E-state index < -0.39 is 18.0 Å². The van der Waals surface area contributed by atoms with Crippen LogP contribution in [0.3, 0.4) is 0 Å². The zero-order valence-electron chi connectivity index (χ0n) is 11.7. The van der Waals surface area contributed by atoms with Crippen molar-refractivity contribution in [3.05, 3.63) is 0 Å². The van der Waals surface area contributed by atoms with Gasteiger partial charge >= 0.3 is 8.25 Å². The second-order valence-electron chi connectivity index (χ2n) is 4.49. The van der Waals surface area contributed by atoms with Gasteiger partial charge in [-0.25, -0.2) is 0 Å². The van der Waals surface area contributed by atoms with Crippen molar-refractivity contribution in [2.75, 3.05) is 13.2 Å². The van der Waals surface area contributed by atoms with Crippen LogP contribution >= 0.6 is 31.5 Å². The lowest BCUT2D eigenvalue weighted by molar-refractivity contribution is 0.185. The van der Waals surface area contributed by atoms with Crippen LogP contribution in [0.25, 0.3) is 0 Å². The highest BCUT2D eigenvalue weighted by Crippen LogP contribution is 2.34. The van der Waals surface area contributed by atoms with Gasteiger partial charge in [-0.2, -0.15) is 0 Å². The molecule has 6 heteroatoms. The predicted molar refractivity (Wildman–Crippen MR) is 77.8 cm³/mol. The van der Waals surface area contributed by atoms with Gasteiger partial charge in [0.25, 0.3) is 0 Å². The molecule has 0 aliphatic rings. The van der Waals surface area contributed by atoms with Crippen LogP contribution in [-0.2, 0) is 13.6 Å². The Hall–Kier alpha value is 0.600. The Labute approximate surface area is 121 Å². The molecule has 0 aliphatic heterocycles. The van der Waals surface area contributed by atoms with E-state index in [9.17, 15) is 4.57 Å². The molecule has 0 aromatic rings. The summed E-state index contributed by atoms with van der Waals surface area (Å²) < 4.78 is 21.9. The molecule has 0 rings (SSSR count). The van der Waals surface area contributed by atoms with Crippen molar-refractivity contribution in [3.63, 3.8) is 0 Å². The van der Waals surface area contributed by atoms with E-state index in [0.29, 0.717) is 0 Å². The van der Waals surface area contributed by atoms with E-state index in [-0.39, 0.29) is 13.2 Å². The average Bonchev–Trinajstić information content (AvgIpc) is 2.42. The number of hydrogen-bond acceptors (Lipinski definition) is 3. The van der Waals surface area contributed by atoms with Crippen molar-refractivity contribution < 1.29 is 13.6 Å². The van der Waals surface area contributed by atoms with Crippen LogP contribution in [0.2, 0.25) is 0 Å². The van der Waals surface area contributed by atoms with Crippen molar-refractivity contribution in [2.24, 2.45) is 0 Å². The Bertz CT molecular complexity index is 230. The first-order valence-electron chi connectivity index (χ1n) is 6.45. The molecule has 0 saturated carbocycles. The van der Waals surface area contributed by atoms with Gasteiger partial charge in [0.2, 0.25) is 0 Å². The molecule has 0 heterocycles. The van der Waals surface area contributed by atoms with E-state index in [0.717, 1.165) is 25.7 Å². The molecule has 0 spiro atoms. The summed E-state index contributed by atoms with van der Waals surface area (Å²) in [5, 5.41) is 0. The van der Waals surface area contributed by atoms with Crippen LogP contribution in [0.1, 0.15) is 53.4 Å². The normalized spacial score (nSPS) is 12.8. The molecule has 0 fully saturated rings. The Morgan fingerprint density at radius 2 is 1.11 bits per heavy atom. The summed E-state index contributed by atoms with van der Waals surface area (Å²) in [5.41, 5.74) is 0. The van der Waals surface area contributed by atoms with Gasteiger partial charge in [-0.3, -0.25) is 0 Å². The maximum absolute atomic E-state index is 11.6. The molecule has 0 bridgehead atoms. The van der Waals surface area contributed by atoms with Crippen molar-refractivity contribution in [1.82, 2.24) is 0 Å². The van der Waals surface area contributed by atoms with Crippen molar-refractivity contribution >= 4 is 31.5 Å². The molecular weight excluding hydrogens is 294 g/mol. The van der Waals surface area contributed by atoms with Gasteiger partial charge in [0.1, 0.15) is 13.2 Å². The smallest absolute Gasteiger partial charge is 0.117 e. The highest BCUT2D eigenvalue weighted by molar-refractivity contribution is 7.33. The van der Waals surface area contributed by atoms with Crippen LogP contribution < -0.4 is 0 Å². The van der Waals surface area contributed by atoms with Gasteiger partial charge in [0.05, 0.1) is 9.75 Å². The Morgan fingerprint density at radius 1 is 0.833 bits per heavy atom. The maximum atomic E-state index is 11.6. The zero-order chi connectivity index (χ0) is 14.2. The third-order valence-electron chi connectivity index (χ3n) is 3.39. The average molecular weight is 318 g/mol. The van der Waals surface area contributed by atoms with Crippen molar-refractivity contribution in [1.29, 1.82) is 0 Å². The molecule has 0 amide bonds. The topological polar surface area (TPSA) is 35.5 Å². The molecule has 0 aliphatic carbocycles. The Morgan fingerprint density at radius 3 is 1.33 bits per heavy atom. The molecule has 0 radical (unpaired) electrons. The van der Waals surface area contributed by atoms with Crippen LogP contribution in [-0.4, -0.2) is 23.0 Å². The third kappa shape index (κ3) is 6.68. The standard InChI is InChI=1S/C12H24Cl2O3P/c1-5-11(13,6-2)9-16-18(15)17-10-12(14,7-3)8-4/h5-10H2,1-4H3/q+1. The van der Waals surface area contributed by atoms with Gasteiger partial charge < -0.3 is 0 Å². The maximum Gasteiger partial charge on any atom is 0.697 e. The SMILES string of the molecule is CCC(Cl)(CC)CO[P+](=O)OCC(Cl)(CC)CC. The van der Waals surface area contributed by atoms with Gasteiger partial charge in [0.15, 0.2) is 0 Å². The van der Waals surface area contributed by atoms with E-state index in [1.165, 1.54) is 0 Å². The second kappa shape index (κ2) is 8.71. The molecule has 0 aromatic carbocycles. The van der Waals surface area contributed by atoms with Gasteiger partial charge in [0, 0.05) is 4.57 Å². The largest absolute Gasteiger partial charge is 0.697 e. The summed E-state index contributed by atoms with van der Waals surface area (Å²) in [6.07, 6.45) is 3.05. The second-order valence-corrected chi connectivity index (χ2v) is 7.05.